The van der Waals surface area contributed by atoms with E-state index in [1.807, 2.05) is 6.07 Å². The zero-order valence-electron chi connectivity index (χ0n) is 16.5. The lowest BCUT2D eigenvalue weighted by Gasteiger charge is -2.20. The maximum absolute atomic E-state index is 12.8. The summed E-state index contributed by atoms with van der Waals surface area (Å²) in [5.41, 5.74) is 2.13. The highest BCUT2D eigenvalue weighted by atomic mass is 35.5. The Balaban J connectivity index is 1.81. The summed E-state index contributed by atoms with van der Waals surface area (Å²) in [5, 5.41) is 3.78. The monoisotopic (exact) mass is 442 g/mol. The first-order valence-electron chi connectivity index (χ1n) is 9.13. The Morgan fingerprint density at radius 3 is 2.37 bits per heavy atom. The number of carbonyl (C=O) groups is 2. The van der Waals surface area contributed by atoms with Gasteiger partial charge in [-0.05, 0) is 54.1 Å². The molecule has 7 heteroatoms. The van der Waals surface area contributed by atoms with Crippen LogP contribution in [-0.4, -0.2) is 30.9 Å². The molecule has 0 bridgehead atoms. The van der Waals surface area contributed by atoms with Gasteiger partial charge in [0.05, 0.1) is 17.8 Å². The molecule has 5 nitrogen and oxygen atoms in total. The molecule has 3 aromatic carbocycles. The number of methoxy groups -OCH3 is 1. The fourth-order valence-electron chi connectivity index (χ4n) is 2.93. The third-order valence-corrected chi connectivity index (χ3v) is 5.08. The number of halogens is 2. The third kappa shape index (κ3) is 5.12. The fourth-order valence-corrected chi connectivity index (χ4v) is 3.30. The van der Waals surface area contributed by atoms with Crippen molar-refractivity contribution < 1.29 is 14.3 Å². The predicted molar refractivity (Wildman–Crippen MR) is 120 cm³/mol. The summed E-state index contributed by atoms with van der Waals surface area (Å²) in [4.78, 5) is 27.0. The highest BCUT2D eigenvalue weighted by Gasteiger charge is 2.17. The first-order valence-corrected chi connectivity index (χ1v) is 9.88. The Bertz CT molecular complexity index is 1070. The zero-order chi connectivity index (χ0) is 21.7. The smallest absolute Gasteiger partial charge is 0.255 e. The van der Waals surface area contributed by atoms with Gasteiger partial charge >= 0.3 is 0 Å². The molecule has 0 saturated carbocycles. The van der Waals surface area contributed by atoms with Crippen molar-refractivity contribution in [2.75, 3.05) is 19.5 Å². The van der Waals surface area contributed by atoms with Gasteiger partial charge in [0.2, 0.25) is 0 Å². The second kappa shape index (κ2) is 9.65. The van der Waals surface area contributed by atoms with E-state index in [-0.39, 0.29) is 18.4 Å². The van der Waals surface area contributed by atoms with Gasteiger partial charge in [-0.2, -0.15) is 0 Å². The first kappa shape index (κ1) is 21.7. The van der Waals surface area contributed by atoms with Crippen LogP contribution in [0.4, 0.5) is 5.69 Å². The lowest BCUT2D eigenvalue weighted by atomic mass is 10.1. The average Bonchev–Trinajstić information content (AvgIpc) is 2.76. The van der Waals surface area contributed by atoms with Gasteiger partial charge in [0, 0.05) is 29.7 Å². The normalized spacial score (nSPS) is 10.4. The molecule has 0 aliphatic rings. The van der Waals surface area contributed by atoms with Crippen molar-refractivity contribution in [3.05, 3.63) is 93.5 Å². The van der Waals surface area contributed by atoms with Gasteiger partial charge in [-0.15, -0.1) is 0 Å². The van der Waals surface area contributed by atoms with E-state index in [0.29, 0.717) is 38.2 Å². The van der Waals surface area contributed by atoms with Gasteiger partial charge < -0.3 is 15.0 Å². The van der Waals surface area contributed by atoms with Gasteiger partial charge in [-0.25, -0.2) is 0 Å². The van der Waals surface area contributed by atoms with Crippen molar-refractivity contribution in [3.63, 3.8) is 0 Å². The molecule has 0 aliphatic carbocycles. The molecule has 1 N–H and O–H groups in total. The number of nitrogens with one attached hydrogen (secondary N) is 1. The van der Waals surface area contributed by atoms with Crippen molar-refractivity contribution in [1.82, 2.24) is 4.90 Å². The van der Waals surface area contributed by atoms with E-state index in [1.165, 1.54) is 0 Å². The van der Waals surface area contributed by atoms with Crippen LogP contribution < -0.4 is 10.1 Å². The number of nitrogens with zero attached hydrogens (tertiary/aromatic N) is 1. The van der Waals surface area contributed by atoms with Crippen molar-refractivity contribution >= 4 is 40.7 Å². The zero-order valence-corrected chi connectivity index (χ0v) is 18.0. The topological polar surface area (TPSA) is 58.6 Å². The van der Waals surface area contributed by atoms with E-state index >= 15 is 0 Å². The van der Waals surface area contributed by atoms with Crippen molar-refractivity contribution in [2.45, 2.75) is 6.54 Å². The highest BCUT2D eigenvalue weighted by molar-refractivity contribution is 6.34. The average molecular weight is 443 g/mol. The predicted octanol–water partition coefficient (Wildman–Crippen LogP) is 5.53. The summed E-state index contributed by atoms with van der Waals surface area (Å²) in [7, 11) is 3.24. The molecule has 30 heavy (non-hydrogen) atoms. The van der Waals surface area contributed by atoms with Crippen molar-refractivity contribution in [2.24, 2.45) is 0 Å². The molecule has 0 spiro atoms. The van der Waals surface area contributed by atoms with E-state index in [2.05, 4.69) is 5.32 Å². The van der Waals surface area contributed by atoms with Gasteiger partial charge in [0.25, 0.3) is 11.8 Å². The molecular weight excluding hydrogens is 423 g/mol. The summed E-state index contributed by atoms with van der Waals surface area (Å²) in [5.74, 6) is 0.111. The second-order valence-corrected chi connectivity index (χ2v) is 7.47. The number of hydrogen-bond acceptors (Lipinski definition) is 3. The molecule has 0 radical (unpaired) electrons. The van der Waals surface area contributed by atoms with Crippen LogP contribution in [0.15, 0.2) is 66.7 Å². The van der Waals surface area contributed by atoms with Crippen LogP contribution in [-0.2, 0) is 6.54 Å². The number of anilines is 1. The highest BCUT2D eigenvalue weighted by Crippen LogP contribution is 2.28. The molecule has 0 fully saturated rings. The summed E-state index contributed by atoms with van der Waals surface area (Å²) in [6.45, 7) is 0.257. The molecule has 0 aromatic heterocycles. The molecule has 0 unspecified atom stereocenters. The summed E-state index contributed by atoms with van der Waals surface area (Å²) < 4.78 is 5.19. The maximum atomic E-state index is 12.8. The van der Waals surface area contributed by atoms with Crippen LogP contribution in [0.1, 0.15) is 26.3 Å². The Kier molecular flexibility index (Phi) is 6.98. The van der Waals surface area contributed by atoms with Crippen LogP contribution in [0.2, 0.25) is 10.0 Å². The Hall–Kier alpha value is -3.02. The molecular formula is C23H20Cl2N2O3. The van der Waals surface area contributed by atoms with Crippen LogP contribution in [0.3, 0.4) is 0 Å². The lowest BCUT2D eigenvalue weighted by molar-refractivity contribution is 0.0785. The minimum atomic E-state index is -0.317. The van der Waals surface area contributed by atoms with Crippen LogP contribution in [0.25, 0.3) is 0 Å². The largest absolute Gasteiger partial charge is 0.497 e. The van der Waals surface area contributed by atoms with E-state index in [4.69, 9.17) is 27.9 Å². The Morgan fingerprint density at radius 1 is 0.967 bits per heavy atom. The number of rotatable bonds is 6. The Labute approximate surface area is 185 Å². The van der Waals surface area contributed by atoms with E-state index < -0.39 is 0 Å². The molecule has 154 valence electrons. The lowest BCUT2D eigenvalue weighted by Crippen LogP contribution is -2.27. The third-order valence-electron chi connectivity index (χ3n) is 4.52. The summed E-state index contributed by atoms with van der Waals surface area (Å²) >= 11 is 12.2. The Morgan fingerprint density at radius 2 is 1.67 bits per heavy atom. The fraction of sp³-hybridized carbons (Fsp3) is 0.130. The number of para-hydroxylation sites is 1. The summed E-state index contributed by atoms with van der Waals surface area (Å²) in [6.07, 6.45) is 0. The standard InChI is InChI=1S/C23H20Cl2N2O3/c1-27(23(29)16-5-3-7-19(13-16)30-2)14-17-6-4-8-20(25)21(17)26-22(28)15-9-11-18(24)12-10-15/h3-13H,14H2,1-2H3,(H,26,28). The maximum Gasteiger partial charge on any atom is 0.255 e. The minimum Gasteiger partial charge on any atom is -0.497 e. The van der Waals surface area contributed by atoms with Crippen LogP contribution in [0.5, 0.6) is 5.75 Å². The van der Waals surface area contributed by atoms with E-state index in [1.54, 1.807) is 79.7 Å². The van der Waals surface area contributed by atoms with Gasteiger partial charge in [0.15, 0.2) is 0 Å². The number of ether oxygens (including phenoxy) is 1. The quantitative estimate of drug-likeness (QED) is 0.545. The molecule has 0 heterocycles. The van der Waals surface area contributed by atoms with Gasteiger partial charge in [0.1, 0.15) is 5.75 Å². The van der Waals surface area contributed by atoms with E-state index in [0.717, 1.165) is 0 Å². The van der Waals surface area contributed by atoms with Crippen LogP contribution in [0, 0.1) is 0 Å². The molecule has 0 saturated heterocycles. The molecule has 3 aromatic rings. The number of benzene rings is 3. The van der Waals surface area contributed by atoms with Crippen LogP contribution >= 0.6 is 23.2 Å². The minimum absolute atomic E-state index is 0.177. The molecule has 0 aliphatic heterocycles. The SMILES string of the molecule is COc1cccc(C(=O)N(C)Cc2cccc(Cl)c2NC(=O)c2ccc(Cl)cc2)c1. The molecule has 2 amide bonds. The first-order chi connectivity index (χ1) is 14.4. The summed E-state index contributed by atoms with van der Waals surface area (Å²) in [6, 6.07) is 18.8. The molecule has 0 atom stereocenters. The van der Waals surface area contributed by atoms with E-state index in [9.17, 15) is 9.59 Å². The van der Waals surface area contributed by atoms with Crippen molar-refractivity contribution in [1.29, 1.82) is 0 Å². The van der Waals surface area contributed by atoms with Gasteiger partial charge in [-0.1, -0.05) is 41.4 Å². The van der Waals surface area contributed by atoms with Crippen molar-refractivity contribution in [3.8, 4) is 5.75 Å². The van der Waals surface area contributed by atoms with Gasteiger partial charge in [-0.3, -0.25) is 9.59 Å². The molecule has 3 rings (SSSR count). The number of carbonyl (C=O) groups excluding carboxylic acids is 2. The second-order valence-electron chi connectivity index (χ2n) is 6.63. The number of hydrogen-bond donors (Lipinski definition) is 1. The number of amides is 2.